The van der Waals surface area contributed by atoms with Crippen molar-refractivity contribution in [2.45, 2.75) is 25.8 Å². The first-order valence-electron chi connectivity index (χ1n) is 42.3. The molecule has 0 aliphatic carbocycles. The smallest absolute Gasteiger partial charge is 0.349 e. The van der Waals surface area contributed by atoms with Crippen molar-refractivity contribution in [2.24, 2.45) is 0 Å². The molecule has 0 fully saturated rings. The highest BCUT2D eigenvalue weighted by Crippen LogP contribution is 2.74. The van der Waals surface area contributed by atoms with Gasteiger partial charge in [-0.3, -0.25) is 22.8 Å². The maximum absolute atomic E-state index is 14.3. The minimum atomic E-state index is -4.57. The van der Waals surface area contributed by atoms with Crippen LogP contribution in [0, 0.1) is 0 Å². The lowest BCUT2D eigenvalue weighted by Gasteiger charge is -2.39. The second-order valence-electron chi connectivity index (χ2n) is 30.4. The monoisotopic (exact) mass is 1930 g/mol. The lowest BCUT2D eigenvalue weighted by molar-refractivity contribution is 0.258. The van der Waals surface area contributed by atoms with Gasteiger partial charge in [0.25, 0.3) is 0 Å². The summed E-state index contributed by atoms with van der Waals surface area (Å²) in [6.07, 6.45) is 0. The summed E-state index contributed by atoms with van der Waals surface area (Å²) in [6, 6.07) is 117. The van der Waals surface area contributed by atoms with E-state index in [9.17, 15) is 58.1 Å². The highest BCUT2D eigenvalue weighted by molar-refractivity contribution is 7.57. The molecule has 0 aliphatic rings. The molecular formula is C107H109O24P5. The van der Waals surface area contributed by atoms with E-state index in [1.54, 1.807) is 162 Å². The van der Waals surface area contributed by atoms with Crippen LogP contribution in [-0.2, 0) is 84.8 Å². The molecule has 706 valence electrons. The lowest BCUT2D eigenvalue weighted by atomic mass is 9.84. The predicted octanol–water partition coefficient (Wildman–Crippen LogP) is 24.6. The second kappa shape index (κ2) is 46.2. The fourth-order valence-corrected chi connectivity index (χ4v) is 27.0. The molecule has 15 rings (SSSR count). The molecule has 0 saturated heterocycles. The van der Waals surface area contributed by atoms with Gasteiger partial charge in [0.15, 0.2) is 0 Å². The molecule has 0 atom stereocenters. The Labute approximate surface area is 793 Å². The van der Waals surface area contributed by atoms with Crippen LogP contribution < -0.4 is 18.9 Å². The minimum absolute atomic E-state index is 0.0544. The van der Waals surface area contributed by atoms with Crippen molar-refractivity contribution in [1.29, 1.82) is 0 Å². The Morgan fingerprint density at radius 1 is 0.162 bits per heavy atom. The number of phenolic OH excluding ortho intramolecular Hbond substituents is 5. The van der Waals surface area contributed by atoms with Crippen molar-refractivity contribution in [3.8, 4) is 51.7 Å². The third-order valence-electron chi connectivity index (χ3n) is 23.6. The number of hydrogen-bond donors (Lipinski definition) is 7. The van der Waals surface area contributed by atoms with E-state index in [-0.39, 0.29) is 28.7 Å². The molecule has 0 aromatic heterocycles. The molecule has 24 nitrogen and oxygen atoms in total. The zero-order chi connectivity index (χ0) is 98.0. The van der Waals surface area contributed by atoms with E-state index < -0.39 is 63.8 Å². The largest absolute Gasteiger partial charge is 0.508 e. The number of aromatic hydroxyl groups is 5. The van der Waals surface area contributed by atoms with Gasteiger partial charge >= 0.3 is 38.0 Å². The van der Waals surface area contributed by atoms with Gasteiger partial charge < -0.3 is 90.5 Å². The maximum Gasteiger partial charge on any atom is 0.349 e. The molecule has 0 bridgehead atoms. The van der Waals surface area contributed by atoms with Crippen LogP contribution in [0.1, 0.15) is 83.5 Å². The van der Waals surface area contributed by atoms with Crippen molar-refractivity contribution in [3.63, 3.8) is 0 Å². The SMILES string of the molecule is COP(=O)(OC)C(c1ccc(O)cc1)(c1ccc(O)cc1)c1ccc(O)cc1.COP(=O)(OC)C(c1ccccc1)(c1ccc(O)cc1)c1ccc(O)cc1.COc1ccc(C(c2ccc(OC)cc2)(c2ccc(OC)cc2)P(=O)(OC)OC)cc1.COc1ccc(C(c2ccccc2)(c2ccccc2)P(=O)(OC)OC)cc1.O=P(O)(O)C(c1ccccc1)(c1ccccc1)c1ccccc1. The minimum Gasteiger partial charge on any atom is -0.508 e. The number of ether oxygens (including phenoxy) is 4. The Morgan fingerprint density at radius 2 is 0.272 bits per heavy atom. The van der Waals surface area contributed by atoms with E-state index in [1.807, 2.05) is 206 Å². The average Bonchev–Trinajstić information content (AvgIpc) is 0.755. The molecule has 0 saturated carbocycles. The van der Waals surface area contributed by atoms with Crippen molar-refractivity contribution >= 4 is 38.0 Å². The van der Waals surface area contributed by atoms with Crippen LogP contribution in [0.4, 0.5) is 0 Å². The molecule has 0 amide bonds. The Morgan fingerprint density at radius 3 is 0.382 bits per heavy atom. The highest BCUT2D eigenvalue weighted by atomic mass is 31.2. The topological polar surface area (TPSA) is 338 Å². The van der Waals surface area contributed by atoms with Crippen LogP contribution >= 0.6 is 38.0 Å². The maximum atomic E-state index is 14.3. The summed E-state index contributed by atoms with van der Waals surface area (Å²) < 4.78 is 135. The Hall–Kier alpha value is -12.8. The number of hydrogen-bond acceptors (Lipinski definition) is 22. The van der Waals surface area contributed by atoms with Crippen molar-refractivity contribution in [3.05, 3.63) is 484 Å². The molecule has 0 spiro atoms. The third-order valence-corrected chi connectivity index (χ3v) is 35.5. The summed E-state index contributed by atoms with van der Waals surface area (Å²) in [5.41, 5.74) is 9.98. The Kier molecular flexibility index (Phi) is 35.2. The fraction of sp³-hybridized carbons (Fsp3) is 0.159. The molecular weight excluding hydrogens is 1820 g/mol. The van der Waals surface area contributed by atoms with E-state index in [2.05, 4.69) is 0 Å². The number of phenols is 5. The van der Waals surface area contributed by atoms with Gasteiger partial charge in [-0.2, -0.15) is 0 Å². The van der Waals surface area contributed by atoms with Gasteiger partial charge in [0.05, 0.1) is 28.4 Å². The molecule has 0 radical (unpaired) electrons. The van der Waals surface area contributed by atoms with Gasteiger partial charge in [-0.15, -0.1) is 0 Å². The molecule has 0 heterocycles. The van der Waals surface area contributed by atoms with E-state index in [0.29, 0.717) is 67.3 Å². The van der Waals surface area contributed by atoms with E-state index in [0.717, 1.165) is 39.1 Å². The first-order chi connectivity index (χ1) is 65.5. The molecule has 29 heteroatoms. The average molecular weight is 1930 g/mol. The standard InChI is InChI=1S/C24H27O6P.C22H23O4P.C21H21O6P.C21H21O5P.C19H17O3P/c1-26-21-12-6-18(7-13-21)24(31(25,29-4)30-5,19-8-14-22(27-2)15-9-19)20-10-16-23(28-3)17-11-20;1-24-21-16-14-20(15-17-21)22(27(23,25-2)26-3,18-10-6-4-7-11-18)19-12-8-5-9-13-19;1-26-28(25,27-2)21(15-3-9-18(22)10-4-15,16-5-11-19(23)12-6-16)17-7-13-20(24)14-8-17;1-25-27(24,26-2)21(16-6-4-3-5-7-16,17-8-12-19(22)13-9-17)18-10-14-20(23)15-11-18;20-23(21,22)19(16-10-4-1-5-11-16,17-12-6-2-7-13-17)18-14-8-3-9-15-18/h6-17H,1-5H3;4-17H,1-3H3;3-14,22-24H,1-2H3;3-15,22-23H,1-2H3;1-15H,(H2,20,21,22). The van der Waals surface area contributed by atoms with Crippen LogP contribution in [0.5, 0.6) is 51.7 Å². The van der Waals surface area contributed by atoms with Crippen LogP contribution in [0.25, 0.3) is 0 Å². The van der Waals surface area contributed by atoms with Gasteiger partial charge in [0.1, 0.15) is 77.5 Å². The van der Waals surface area contributed by atoms with Crippen LogP contribution in [0.2, 0.25) is 0 Å². The number of methoxy groups -OCH3 is 4. The Balaban J connectivity index is 0.000000164. The summed E-state index contributed by atoms with van der Waals surface area (Å²) in [5, 5.41) is 42.2. The van der Waals surface area contributed by atoms with Gasteiger partial charge in [-0.25, -0.2) is 0 Å². The fourth-order valence-electron chi connectivity index (χ4n) is 17.2. The lowest BCUT2D eigenvalue weighted by Crippen LogP contribution is -2.31. The molecule has 136 heavy (non-hydrogen) atoms. The van der Waals surface area contributed by atoms with E-state index in [4.69, 9.17) is 55.1 Å². The van der Waals surface area contributed by atoms with Crippen molar-refractivity contribution < 1.29 is 113 Å². The molecule has 15 aromatic carbocycles. The molecule has 0 unspecified atom stereocenters. The van der Waals surface area contributed by atoms with Crippen molar-refractivity contribution in [1.82, 2.24) is 0 Å². The molecule has 15 aromatic rings. The first-order valence-corrected chi connectivity index (χ1v) is 50.1. The van der Waals surface area contributed by atoms with Crippen LogP contribution in [0.3, 0.4) is 0 Å². The first kappa shape index (κ1) is 104. The van der Waals surface area contributed by atoms with Crippen molar-refractivity contribution in [2.75, 3.05) is 85.3 Å². The summed E-state index contributed by atoms with van der Waals surface area (Å²) >= 11 is 0. The molecule has 7 N–H and O–H groups in total. The summed E-state index contributed by atoms with van der Waals surface area (Å²) in [6.45, 7) is 0. The van der Waals surface area contributed by atoms with E-state index in [1.165, 1.54) is 118 Å². The normalized spacial score (nSPS) is 12.0. The Bertz CT molecular complexity index is 6080. The van der Waals surface area contributed by atoms with Gasteiger partial charge in [-0.1, -0.05) is 291 Å². The summed E-state index contributed by atoms with van der Waals surface area (Å²) in [5.74, 6) is 3.13. The third kappa shape index (κ3) is 20.5. The van der Waals surface area contributed by atoms with Gasteiger partial charge in [-0.05, 0) is 193 Å². The second-order valence-corrected chi connectivity index (χ2v) is 41.7. The van der Waals surface area contributed by atoms with Crippen LogP contribution in [0.15, 0.2) is 400 Å². The number of benzene rings is 15. The predicted molar refractivity (Wildman–Crippen MR) is 529 cm³/mol. The van der Waals surface area contributed by atoms with Crippen LogP contribution in [-0.4, -0.2) is 121 Å². The molecule has 0 aliphatic heterocycles. The zero-order valence-electron chi connectivity index (χ0n) is 76.9. The quantitative estimate of drug-likeness (QED) is 0.0152. The van der Waals surface area contributed by atoms with E-state index >= 15 is 0 Å². The summed E-state index contributed by atoms with van der Waals surface area (Å²) in [4.78, 5) is 20.8. The highest BCUT2D eigenvalue weighted by Gasteiger charge is 2.59. The summed E-state index contributed by atoms with van der Waals surface area (Å²) in [7, 11) is -2.29. The number of rotatable bonds is 32. The van der Waals surface area contributed by atoms with Gasteiger partial charge in [0, 0.05) is 56.9 Å². The zero-order valence-corrected chi connectivity index (χ0v) is 81.4. The van der Waals surface area contributed by atoms with Gasteiger partial charge in [0.2, 0.25) is 0 Å².